The fourth-order valence-corrected chi connectivity index (χ4v) is 4.32. The van der Waals surface area contributed by atoms with E-state index >= 15 is 0 Å². The Balaban J connectivity index is 0.000000317. The summed E-state index contributed by atoms with van der Waals surface area (Å²) < 4.78 is 76.4. The fraction of sp³-hybridized carbons (Fsp3) is 0.357. The zero-order valence-electron chi connectivity index (χ0n) is 23.4. The van der Waals surface area contributed by atoms with Gasteiger partial charge in [-0.05, 0) is 68.4 Å². The SMILES string of the molecule is COc1ccc(-c2nc(C3CCN(Cc4ccco4)CC3)cc3c2ncn3C)cc1.O=C(O)C(F)(F)F.O=C(O)C(F)(F)F. The van der Waals surface area contributed by atoms with Gasteiger partial charge >= 0.3 is 24.3 Å². The Morgan fingerprint density at radius 2 is 1.57 bits per heavy atom. The van der Waals surface area contributed by atoms with Crippen LogP contribution < -0.4 is 4.74 Å². The summed E-state index contributed by atoms with van der Waals surface area (Å²) in [6.07, 6.45) is -4.36. The topological polar surface area (TPSA) is 131 Å². The first-order valence-electron chi connectivity index (χ1n) is 12.9. The van der Waals surface area contributed by atoms with E-state index in [1.165, 1.54) is 0 Å². The van der Waals surface area contributed by atoms with Crippen LogP contribution in [0.1, 0.15) is 30.2 Å². The Hall–Kier alpha value is -4.60. The van der Waals surface area contributed by atoms with Crippen LogP contribution in [-0.4, -0.2) is 74.1 Å². The lowest BCUT2D eigenvalue weighted by Crippen LogP contribution is -2.32. The van der Waals surface area contributed by atoms with Crippen molar-refractivity contribution in [2.24, 2.45) is 7.05 Å². The van der Waals surface area contributed by atoms with E-state index in [0.717, 1.165) is 72.0 Å². The maximum atomic E-state index is 10.6. The van der Waals surface area contributed by atoms with Gasteiger partial charge in [0, 0.05) is 24.2 Å². The molecule has 44 heavy (non-hydrogen) atoms. The van der Waals surface area contributed by atoms with Crippen molar-refractivity contribution in [3.63, 3.8) is 0 Å². The number of likely N-dealkylation sites (tertiary alicyclic amines) is 1. The Morgan fingerprint density at radius 3 is 2.05 bits per heavy atom. The quantitative estimate of drug-likeness (QED) is 0.260. The number of furan rings is 1. The summed E-state index contributed by atoms with van der Waals surface area (Å²) in [6.45, 7) is 2.98. The van der Waals surface area contributed by atoms with Gasteiger partial charge in [0.15, 0.2) is 0 Å². The summed E-state index contributed by atoms with van der Waals surface area (Å²) in [5, 5.41) is 14.2. The van der Waals surface area contributed by atoms with Crippen LogP contribution in [0, 0.1) is 0 Å². The average molecular weight is 631 g/mol. The molecule has 0 saturated carbocycles. The zero-order valence-corrected chi connectivity index (χ0v) is 23.4. The summed E-state index contributed by atoms with van der Waals surface area (Å²) in [6, 6.07) is 14.3. The lowest BCUT2D eigenvalue weighted by Gasteiger charge is -2.31. The van der Waals surface area contributed by atoms with Crippen LogP contribution in [0.2, 0.25) is 0 Å². The lowest BCUT2D eigenvalue weighted by atomic mass is 9.92. The first kappa shape index (κ1) is 33.9. The van der Waals surface area contributed by atoms with Crippen molar-refractivity contribution < 1.29 is 55.3 Å². The number of piperidine rings is 1. The molecule has 1 fully saturated rings. The molecule has 5 rings (SSSR count). The minimum Gasteiger partial charge on any atom is -0.497 e. The Morgan fingerprint density at radius 1 is 1.00 bits per heavy atom. The normalized spacial score (nSPS) is 14.3. The highest BCUT2D eigenvalue weighted by atomic mass is 19.4. The standard InChI is InChI=1S/C24H26N4O2.2C2HF3O2/c1-27-16-25-24-22(27)14-21(26-23(24)18-5-7-19(29-2)8-6-18)17-9-11-28(12-10-17)15-20-4-3-13-30-20;2*3-2(4,5)1(6)7/h3-8,13-14,16-17H,9-12,15H2,1-2H3;2*(H,6,7). The molecule has 0 aliphatic carbocycles. The van der Waals surface area contributed by atoms with Crippen molar-refractivity contribution in [3.8, 4) is 17.0 Å². The van der Waals surface area contributed by atoms with Crippen LogP contribution >= 0.6 is 0 Å². The highest BCUT2D eigenvalue weighted by Gasteiger charge is 2.38. The molecule has 238 valence electrons. The van der Waals surface area contributed by atoms with Crippen molar-refractivity contribution in [2.75, 3.05) is 20.2 Å². The number of halogens is 6. The smallest absolute Gasteiger partial charge is 0.490 e. The van der Waals surface area contributed by atoms with Crippen molar-refractivity contribution in [1.82, 2.24) is 19.4 Å². The molecule has 4 heterocycles. The number of ether oxygens (including phenoxy) is 1. The molecule has 0 unspecified atom stereocenters. The van der Waals surface area contributed by atoms with Gasteiger partial charge in [-0.1, -0.05) is 0 Å². The predicted molar refractivity (Wildman–Crippen MR) is 144 cm³/mol. The van der Waals surface area contributed by atoms with Gasteiger partial charge in [-0.2, -0.15) is 26.3 Å². The lowest BCUT2D eigenvalue weighted by molar-refractivity contribution is -0.193. The average Bonchev–Trinajstić information content (AvgIpc) is 3.62. The first-order valence-corrected chi connectivity index (χ1v) is 12.9. The highest BCUT2D eigenvalue weighted by molar-refractivity contribution is 5.90. The highest BCUT2D eigenvalue weighted by Crippen LogP contribution is 2.34. The van der Waals surface area contributed by atoms with Crippen LogP contribution in [0.3, 0.4) is 0 Å². The molecule has 3 aromatic heterocycles. The molecule has 10 nitrogen and oxygen atoms in total. The van der Waals surface area contributed by atoms with Crippen molar-refractivity contribution in [1.29, 1.82) is 0 Å². The van der Waals surface area contributed by atoms with Crippen molar-refractivity contribution >= 4 is 23.0 Å². The van der Waals surface area contributed by atoms with Crippen molar-refractivity contribution in [2.45, 2.75) is 37.7 Å². The van der Waals surface area contributed by atoms with E-state index < -0.39 is 24.3 Å². The van der Waals surface area contributed by atoms with E-state index in [0.29, 0.717) is 5.92 Å². The molecule has 0 radical (unpaired) electrons. The second-order valence-electron chi connectivity index (χ2n) is 9.58. The fourth-order valence-electron chi connectivity index (χ4n) is 4.32. The number of nitrogens with zero attached hydrogens (tertiary/aromatic N) is 4. The number of benzene rings is 1. The van der Waals surface area contributed by atoms with Gasteiger partial charge in [0.05, 0.1) is 37.5 Å². The number of pyridine rings is 1. The molecule has 1 aliphatic heterocycles. The Labute approximate surface area is 246 Å². The largest absolute Gasteiger partial charge is 0.497 e. The van der Waals surface area contributed by atoms with Crippen LogP contribution in [-0.2, 0) is 23.2 Å². The number of methoxy groups -OCH3 is 1. The summed E-state index contributed by atoms with van der Waals surface area (Å²) in [4.78, 5) is 30.0. The van der Waals surface area contributed by atoms with Crippen LogP contribution in [0.5, 0.6) is 5.75 Å². The van der Waals surface area contributed by atoms with E-state index in [2.05, 4.69) is 32.7 Å². The number of fused-ring (bicyclic) bond motifs is 1. The van der Waals surface area contributed by atoms with Crippen LogP contribution in [0.25, 0.3) is 22.3 Å². The molecule has 0 amide bonds. The van der Waals surface area contributed by atoms with E-state index in [1.54, 1.807) is 13.4 Å². The van der Waals surface area contributed by atoms with E-state index in [-0.39, 0.29) is 0 Å². The number of imidazole rings is 1. The second kappa shape index (κ2) is 14.2. The van der Waals surface area contributed by atoms with Gasteiger partial charge < -0.3 is 23.9 Å². The van der Waals surface area contributed by atoms with Gasteiger partial charge in [0.2, 0.25) is 0 Å². The summed E-state index contributed by atoms with van der Waals surface area (Å²) in [5.74, 6) is -3.19. The number of carbonyl (C=O) groups is 2. The third-order valence-corrected chi connectivity index (χ3v) is 6.55. The molecular formula is C28H28F6N4O6. The number of aryl methyl sites for hydroxylation is 1. The molecule has 1 aromatic carbocycles. The van der Waals surface area contributed by atoms with Crippen molar-refractivity contribution in [3.05, 3.63) is 66.5 Å². The third-order valence-electron chi connectivity index (χ3n) is 6.55. The molecule has 1 aliphatic rings. The predicted octanol–water partition coefficient (Wildman–Crippen LogP) is 5.88. The zero-order chi connectivity index (χ0) is 32.7. The Kier molecular flexibility index (Phi) is 11.0. The van der Waals surface area contributed by atoms with Gasteiger partial charge in [-0.3, -0.25) is 9.88 Å². The summed E-state index contributed by atoms with van der Waals surface area (Å²) in [5.41, 5.74) is 5.25. The maximum Gasteiger partial charge on any atom is 0.490 e. The molecule has 0 spiro atoms. The van der Waals surface area contributed by atoms with Gasteiger partial charge in [0.1, 0.15) is 17.0 Å². The number of carboxylic acid groups (broad SMARTS) is 2. The third kappa shape index (κ3) is 9.20. The monoisotopic (exact) mass is 630 g/mol. The number of alkyl halides is 6. The van der Waals surface area contributed by atoms with E-state index in [4.69, 9.17) is 33.9 Å². The number of hydrogen-bond acceptors (Lipinski definition) is 7. The number of hydrogen-bond donors (Lipinski definition) is 2. The summed E-state index contributed by atoms with van der Waals surface area (Å²) >= 11 is 0. The second-order valence-corrected chi connectivity index (χ2v) is 9.58. The van der Waals surface area contributed by atoms with E-state index in [1.807, 2.05) is 37.6 Å². The maximum absolute atomic E-state index is 10.6. The molecule has 2 N–H and O–H groups in total. The first-order chi connectivity index (χ1) is 20.6. The molecule has 4 aromatic rings. The molecule has 0 atom stereocenters. The summed E-state index contributed by atoms with van der Waals surface area (Å²) in [7, 11) is 3.73. The molecular weight excluding hydrogens is 602 g/mol. The van der Waals surface area contributed by atoms with Gasteiger partial charge in [0.25, 0.3) is 0 Å². The molecule has 1 saturated heterocycles. The number of aromatic nitrogens is 3. The van der Waals surface area contributed by atoms with Crippen LogP contribution in [0.15, 0.2) is 59.5 Å². The number of aliphatic carboxylic acids is 2. The van der Waals surface area contributed by atoms with E-state index in [9.17, 15) is 26.3 Å². The molecule has 0 bridgehead atoms. The minimum atomic E-state index is -5.08. The minimum absolute atomic E-state index is 0.453. The van der Waals surface area contributed by atoms with Crippen LogP contribution in [0.4, 0.5) is 26.3 Å². The van der Waals surface area contributed by atoms with Gasteiger partial charge in [-0.15, -0.1) is 0 Å². The Bertz CT molecular complexity index is 1500. The molecule has 16 heteroatoms. The number of carboxylic acids is 2. The van der Waals surface area contributed by atoms with Gasteiger partial charge in [-0.25, -0.2) is 14.6 Å². The number of rotatable bonds is 5.